The van der Waals surface area contributed by atoms with Gasteiger partial charge in [0.15, 0.2) is 0 Å². The molecule has 0 aromatic carbocycles. The van der Waals surface area contributed by atoms with E-state index in [1.165, 1.54) is 0 Å². The molecule has 11 heavy (non-hydrogen) atoms. The van der Waals surface area contributed by atoms with Gasteiger partial charge in [-0.2, -0.15) is 0 Å². The highest BCUT2D eigenvalue weighted by Crippen LogP contribution is 2.12. The lowest BCUT2D eigenvalue weighted by molar-refractivity contribution is 0.956. The Bertz CT molecular complexity index is 123. The zero-order chi connectivity index (χ0) is 9.28. The van der Waals surface area contributed by atoms with Crippen LogP contribution in [0.5, 0.6) is 0 Å². The molecule has 0 aliphatic rings. The van der Waals surface area contributed by atoms with E-state index < -0.39 is 0 Å². The van der Waals surface area contributed by atoms with Crippen molar-refractivity contribution in [2.75, 3.05) is 0 Å². The van der Waals surface area contributed by atoms with Gasteiger partial charge < -0.3 is 0 Å². The molecule has 0 fully saturated rings. The number of hydrogen-bond acceptors (Lipinski definition) is 0. The van der Waals surface area contributed by atoms with Crippen LogP contribution in [-0.2, 0) is 0 Å². The summed E-state index contributed by atoms with van der Waals surface area (Å²) in [5, 5.41) is 0.803. The van der Waals surface area contributed by atoms with E-state index in [-0.39, 0.29) is 0 Å². The fourth-order valence-electron chi connectivity index (χ4n) is 0.445. The van der Waals surface area contributed by atoms with E-state index in [4.69, 9.17) is 11.6 Å². The van der Waals surface area contributed by atoms with Gasteiger partial charge in [0.05, 0.1) is 0 Å². The normalized spacial score (nSPS) is 10.1. The summed E-state index contributed by atoms with van der Waals surface area (Å²) in [7, 11) is 0. The first-order valence-corrected chi connectivity index (χ1v) is 4.57. The monoisotopic (exact) mass is 174 g/mol. The van der Waals surface area contributed by atoms with Gasteiger partial charge in [0, 0.05) is 5.03 Å². The molecule has 0 saturated heterocycles. The van der Waals surface area contributed by atoms with Crippen LogP contribution >= 0.6 is 11.6 Å². The Morgan fingerprint density at radius 2 is 1.91 bits per heavy atom. The fourth-order valence-corrected chi connectivity index (χ4v) is 0.554. The summed E-state index contributed by atoms with van der Waals surface area (Å²) in [6, 6.07) is 0. The van der Waals surface area contributed by atoms with E-state index >= 15 is 0 Å². The minimum Gasteiger partial charge on any atom is -0.0946 e. The van der Waals surface area contributed by atoms with E-state index in [1.807, 2.05) is 26.8 Å². The first-order valence-electron chi connectivity index (χ1n) is 4.20. The quantitative estimate of drug-likeness (QED) is 0.553. The Balaban J connectivity index is 0. The summed E-state index contributed by atoms with van der Waals surface area (Å²) >= 11 is 5.76. The zero-order valence-corrected chi connectivity index (χ0v) is 8.83. The second-order valence-corrected chi connectivity index (χ2v) is 2.53. The predicted molar refractivity (Wildman–Crippen MR) is 55.0 cm³/mol. The van der Waals surface area contributed by atoms with Crippen molar-refractivity contribution in [3.8, 4) is 0 Å². The Morgan fingerprint density at radius 1 is 1.45 bits per heavy atom. The maximum atomic E-state index is 5.76. The first kappa shape index (κ1) is 13.4. The van der Waals surface area contributed by atoms with Crippen LogP contribution in [0.15, 0.2) is 23.3 Å². The summed E-state index contributed by atoms with van der Waals surface area (Å²) in [5.74, 6) is 0. The van der Waals surface area contributed by atoms with Crippen molar-refractivity contribution in [1.82, 2.24) is 0 Å². The molecular formula is C10H19Cl. The standard InChI is InChI=1S/C8H13Cl.C2H6/c1-4-5-6-8(9)7(2)3;1-2/h6H,2,4-5H2,1,3H3;1-2H3/b8-6+;. The summed E-state index contributed by atoms with van der Waals surface area (Å²) in [5.41, 5.74) is 0.949. The SMILES string of the molecule is C=C(C)/C(Cl)=C\CCC.CC. The minimum atomic E-state index is 0.803. The third-order valence-corrected chi connectivity index (χ3v) is 1.50. The molecule has 66 valence electrons. The van der Waals surface area contributed by atoms with Gasteiger partial charge in [-0.15, -0.1) is 0 Å². The highest BCUT2D eigenvalue weighted by molar-refractivity contribution is 6.31. The average molecular weight is 175 g/mol. The Kier molecular flexibility index (Phi) is 11.9. The largest absolute Gasteiger partial charge is 0.0946 e. The molecule has 0 aromatic heterocycles. The molecule has 1 heteroatoms. The van der Waals surface area contributed by atoms with Crippen molar-refractivity contribution in [3.05, 3.63) is 23.3 Å². The van der Waals surface area contributed by atoms with Crippen molar-refractivity contribution in [3.63, 3.8) is 0 Å². The molecule has 0 spiro atoms. The van der Waals surface area contributed by atoms with Crippen LogP contribution < -0.4 is 0 Å². The Labute approximate surface area is 76.0 Å². The van der Waals surface area contributed by atoms with Gasteiger partial charge in [-0.3, -0.25) is 0 Å². The van der Waals surface area contributed by atoms with Gasteiger partial charge >= 0.3 is 0 Å². The molecule has 0 unspecified atom stereocenters. The van der Waals surface area contributed by atoms with Crippen LogP contribution in [0.3, 0.4) is 0 Å². The van der Waals surface area contributed by atoms with Gasteiger partial charge in [-0.1, -0.05) is 51.4 Å². The molecule has 0 atom stereocenters. The zero-order valence-electron chi connectivity index (χ0n) is 8.08. The lowest BCUT2D eigenvalue weighted by Gasteiger charge is -1.93. The Hall–Kier alpha value is -0.230. The van der Waals surface area contributed by atoms with Gasteiger partial charge in [-0.05, 0) is 18.9 Å². The van der Waals surface area contributed by atoms with Crippen LogP contribution in [0.2, 0.25) is 0 Å². The topological polar surface area (TPSA) is 0 Å². The van der Waals surface area contributed by atoms with Gasteiger partial charge in [-0.25, -0.2) is 0 Å². The van der Waals surface area contributed by atoms with Crippen LogP contribution in [0.4, 0.5) is 0 Å². The van der Waals surface area contributed by atoms with Gasteiger partial charge in [0.25, 0.3) is 0 Å². The van der Waals surface area contributed by atoms with E-state index in [0.29, 0.717) is 0 Å². The van der Waals surface area contributed by atoms with E-state index in [9.17, 15) is 0 Å². The highest BCUT2D eigenvalue weighted by atomic mass is 35.5. The van der Waals surface area contributed by atoms with Gasteiger partial charge in [0.1, 0.15) is 0 Å². The third-order valence-electron chi connectivity index (χ3n) is 1.02. The lowest BCUT2D eigenvalue weighted by atomic mass is 10.2. The van der Waals surface area contributed by atoms with Gasteiger partial charge in [0.2, 0.25) is 0 Å². The molecule has 0 amide bonds. The predicted octanol–water partition coefficient (Wildman–Crippen LogP) is 4.51. The number of unbranched alkanes of at least 4 members (excludes halogenated alkanes) is 1. The smallest absolute Gasteiger partial charge is 0.0389 e. The number of halogens is 1. The number of rotatable bonds is 3. The molecular weight excluding hydrogens is 156 g/mol. The maximum Gasteiger partial charge on any atom is 0.0389 e. The maximum absolute atomic E-state index is 5.76. The molecule has 0 bridgehead atoms. The number of allylic oxidation sites excluding steroid dienone is 3. The van der Waals surface area contributed by atoms with Crippen molar-refractivity contribution in [1.29, 1.82) is 0 Å². The average Bonchev–Trinajstić information content (AvgIpc) is 2.03. The minimum absolute atomic E-state index is 0.803. The second kappa shape index (κ2) is 9.77. The van der Waals surface area contributed by atoms with Crippen LogP contribution in [0, 0.1) is 0 Å². The third kappa shape index (κ3) is 9.77. The summed E-state index contributed by atoms with van der Waals surface area (Å²) in [6.07, 6.45) is 4.19. The Morgan fingerprint density at radius 3 is 2.18 bits per heavy atom. The molecule has 0 saturated carbocycles. The van der Waals surface area contributed by atoms with Crippen molar-refractivity contribution in [2.45, 2.75) is 40.5 Å². The number of hydrogen-bond donors (Lipinski definition) is 0. The van der Waals surface area contributed by atoms with Crippen molar-refractivity contribution in [2.24, 2.45) is 0 Å². The fraction of sp³-hybridized carbons (Fsp3) is 0.600. The summed E-state index contributed by atoms with van der Waals surface area (Å²) < 4.78 is 0. The highest BCUT2D eigenvalue weighted by Gasteiger charge is 1.88. The summed E-state index contributed by atoms with van der Waals surface area (Å²) in [4.78, 5) is 0. The van der Waals surface area contributed by atoms with Crippen molar-refractivity contribution < 1.29 is 0 Å². The molecule has 0 radical (unpaired) electrons. The van der Waals surface area contributed by atoms with E-state index in [1.54, 1.807) is 0 Å². The molecule has 0 rings (SSSR count). The molecule has 0 N–H and O–H groups in total. The lowest BCUT2D eigenvalue weighted by Crippen LogP contribution is -1.72. The molecule has 0 aliphatic heterocycles. The molecule has 0 aromatic rings. The molecule has 0 heterocycles. The van der Waals surface area contributed by atoms with E-state index in [0.717, 1.165) is 23.4 Å². The molecule has 0 aliphatic carbocycles. The van der Waals surface area contributed by atoms with Crippen LogP contribution in [0.1, 0.15) is 40.5 Å². The van der Waals surface area contributed by atoms with Crippen molar-refractivity contribution >= 4 is 11.6 Å². The second-order valence-electron chi connectivity index (χ2n) is 2.12. The van der Waals surface area contributed by atoms with Crippen LogP contribution in [-0.4, -0.2) is 0 Å². The van der Waals surface area contributed by atoms with E-state index in [2.05, 4.69) is 13.5 Å². The van der Waals surface area contributed by atoms with Crippen LogP contribution in [0.25, 0.3) is 0 Å². The molecule has 0 nitrogen and oxygen atoms in total. The summed E-state index contributed by atoms with van der Waals surface area (Å²) in [6.45, 7) is 11.7. The first-order chi connectivity index (χ1) is 5.18.